The highest BCUT2D eigenvalue weighted by atomic mass is 16.3. The number of fused-ring (bicyclic) bond motifs is 3. The van der Waals surface area contributed by atoms with Gasteiger partial charge in [-0.05, 0) is 6.07 Å². The van der Waals surface area contributed by atoms with Gasteiger partial charge in [-0.25, -0.2) is 4.68 Å². The molecule has 1 N–H and O–H groups in total. The molecule has 1 aliphatic rings. The molecule has 0 spiro atoms. The van der Waals surface area contributed by atoms with Crippen molar-refractivity contribution in [2.24, 2.45) is 0 Å². The summed E-state index contributed by atoms with van der Waals surface area (Å²) in [6, 6.07) is 17.5. The third-order valence-electron chi connectivity index (χ3n) is 3.47. The zero-order valence-corrected chi connectivity index (χ0v) is 10.1. The molecule has 0 amide bonds. The van der Waals surface area contributed by atoms with E-state index < -0.39 is 6.10 Å². The summed E-state index contributed by atoms with van der Waals surface area (Å²) < 4.78 is 1.72. The maximum Gasteiger partial charge on any atom is 0.125 e. The fraction of sp³-hybridized carbons (Fsp3) is 0.0667. The summed E-state index contributed by atoms with van der Waals surface area (Å²) in [7, 11) is 0. The lowest BCUT2D eigenvalue weighted by atomic mass is 10.0. The first kappa shape index (κ1) is 10.5. The third-order valence-corrected chi connectivity index (χ3v) is 3.47. The van der Waals surface area contributed by atoms with Crippen molar-refractivity contribution in [1.82, 2.24) is 15.0 Å². The molecule has 3 aromatic rings. The van der Waals surface area contributed by atoms with Crippen molar-refractivity contribution in [2.75, 3.05) is 0 Å². The summed E-state index contributed by atoms with van der Waals surface area (Å²) >= 11 is 0. The van der Waals surface area contributed by atoms with E-state index in [1.54, 1.807) is 4.68 Å². The van der Waals surface area contributed by atoms with Gasteiger partial charge in [0.25, 0.3) is 0 Å². The van der Waals surface area contributed by atoms with Crippen molar-refractivity contribution in [3.63, 3.8) is 0 Å². The number of rotatable bonds is 1. The van der Waals surface area contributed by atoms with E-state index in [-0.39, 0.29) is 0 Å². The van der Waals surface area contributed by atoms with Gasteiger partial charge >= 0.3 is 0 Å². The van der Waals surface area contributed by atoms with Crippen molar-refractivity contribution in [3.05, 3.63) is 65.9 Å². The second-order valence-corrected chi connectivity index (χ2v) is 4.56. The van der Waals surface area contributed by atoms with Gasteiger partial charge < -0.3 is 5.11 Å². The Kier molecular flexibility index (Phi) is 2.07. The first-order valence-corrected chi connectivity index (χ1v) is 6.14. The minimum atomic E-state index is -0.665. The third kappa shape index (κ3) is 1.37. The zero-order valence-electron chi connectivity index (χ0n) is 10.1. The topological polar surface area (TPSA) is 50.9 Å². The molecule has 2 aromatic carbocycles. The number of para-hydroxylation sites is 1. The lowest BCUT2D eigenvalue weighted by Crippen LogP contribution is -1.97. The van der Waals surface area contributed by atoms with E-state index in [1.807, 2.05) is 54.6 Å². The molecule has 0 bridgehead atoms. The highest BCUT2D eigenvalue weighted by molar-refractivity contribution is 5.66. The second-order valence-electron chi connectivity index (χ2n) is 4.56. The van der Waals surface area contributed by atoms with E-state index in [2.05, 4.69) is 10.3 Å². The van der Waals surface area contributed by atoms with Crippen LogP contribution in [0.2, 0.25) is 0 Å². The number of hydrogen-bond donors (Lipinski definition) is 1. The Bertz CT molecular complexity index is 749. The number of nitrogens with zero attached hydrogens (tertiary/aromatic N) is 3. The fourth-order valence-corrected chi connectivity index (χ4v) is 2.57. The number of aromatic nitrogens is 3. The maximum absolute atomic E-state index is 10.5. The summed E-state index contributed by atoms with van der Waals surface area (Å²) in [4.78, 5) is 0. The van der Waals surface area contributed by atoms with Crippen molar-refractivity contribution in [2.45, 2.75) is 6.10 Å². The van der Waals surface area contributed by atoms with Crippen LogP contribution in [-0.2, 0) is 0 Å². The quantitative estimate of drug-likeness (QED) is 0.720. The van der Waals surface area contributed by atoms with Gasteiger partial charge in [0.2, 0.25) is 0 Å². The summed E-state index contributed by atoms with van der Waals surface area (Å²) in [5.41, 5.74) is 4.23. The molecule has 2 heterocycles. The van der Waals surface area contributed by atoms with E-state index in [0.717, 1.165) is 28.2 Å². The molecule has 4 heteroatoms. The Labute approximate surface area is 109 Å². The van der Waals surface area contributed by atoms with Gasteiger partial charge in [0.05, 0.1) is 5.69 Å². The number of aliphatic hydroxyl groups is 1. The average molecular weight is 249 g/mol. The van der Waals surface area contributed by atoms with Crippen LogP contribution in [0.15, 0.2) is 54.6 Å². The zero-order chi connectivity index (χ0) is 12.8. The smallest absolute Gasteiger partial charge is 0.125 e. The summed E-state index contributed by atoms with van der Waals surface area (Å²) in [6.07, 6.45) is -0.665. The van der Waals surface area contributed by atoms with E-state index in [0.29, 0.717) is 0 Å². The Balaban J connectivity index is 1.96. The number of benzene rings is 2. The molecule has 4 nitrogen and oxygen atoms in total. The van der Waals surface area contributed by atoms with Gasteiger partial charge in [0, 0.05) is 11.1 Å². The molecule has 92 valence electrons. The van der Waals surface area contributed by atoms with Gasteiger partial charge in [0.1, 0.15) is 17.5 Å². The van der Waals surface area contributed by atoms with Crippen LogP contribution < -0.4 is 0 Å². The normalized spacial score (nSPS) is 16.2. The van der Waals surface area contributed by atoms with Gasteiger partial charge in [-0.15, -0.1) is 5.10 Å². The van der Waals surface area contributed by atoms with Gasteiger partial charge in [-0.3, -0.25) is 0 Å². The molecule has 0 fully saturated rings. The first-order chi connectivity index (χ1) is 9.36. The molecule has 19 heavy (non-hydrogen) atoms. The Morgan fingerprint density at radius 1 is 0.947 bits per heavy atom. The molecule has 0 saturated heterocycles. The Morgan fingerprint density at radius 2 is 1.68 bits per heavy atom. The molecule has 0 radical (unpaired) electrons. The Hall–Kier alpha value is -2.46. The number of aliphatic hydroxyl groups excluding tert-OH is 1. The highest BCUT2D eigenvalue weighted by Gasteiger charge is 2.32. The number of hydrogen-bond acceptors (Lipinski definition) is 3. The van der Waals surface area contributed by atoms with Crippen molar-refractivity contribution in [1.29, 1.82) is 0 Å². The van der Waals surface area contributed by atoms with Crippen molar-refractivity contribution < 1.29 is 5.11 Å². The van der Waals surface area contributed by atoms with Crippen LogP contribution in [0.1, 0.15) is 17.4 Å². The highest BCUT2D eigenvalue weighted by Crippen LogP contribution is 2.39. The summed E-state index contributed by atoms with van der Waals surface area (Å²) in [5.74, 6) is 0. The summed E-state index contributed by atoms with van der Waals surface area (Å²) in [6.45, 7) is 0. The SMILES string of the molecule is OC1c2ccccc2-n2nnc(-c3ccccc3)c21. The molecule has 0 aliphatic carbocycles. The first-order valence-electron chi connectivity index (χ1n) is 6.14. The van der Waals surface area contributed by atoms with Gasteiger partial charge in [0.15, 0.2) is 0 Å². The second kappa shape index (κ2) is 3.76. The van der Waals surface area contributed by atoms with Crippen LogP contribution >= 0.6 is 0 Å². The van der Waals surface area contributed by atoms with E-state index in [4.69, 9.17) is 0 Å². The molecule has 4 rings (SSSR count). The van der Waals surface area contributed by atoms with E-state index in [1.165, 1.54) is 0 Å². The largest absolute Gasteiger partial charge is 0.382 e. The Morgan fingerprint density at radius 3 is 2.53 bits per heavy atom. The molecule has 1 aliphatic heterocycles. The monoisotopic (exact) mass is 249 g/mol. The van der Waals surface area contributed by atoms with Crippen LogP contribution in [0.4, 0.5) is 0 Å². The lowest BCUT2D eigenvalue weighted by Gasteiger charge is -2.04. The van der Waals surface area contributed by atoms with Crippen LogP contribution in [-0.4, -0.2) is 20.1 Å². The van der Waals surface area contributed by atoms with Gasteiger partial charge in [-0.2, -0.15) is 0 Å². The van der Waals surface area contributed by atoms with E-state index in [9.17, 15) is 5.11 Å². The average Bonchev–Trinajstić information content (AvgIpc) is 3.02. The molecular weight excluding hydrogens is 238 g/mol. The molecule has 0 saturated carbocycles. The van der Waals surface area contributed by atoms with Gasteiger partial charge in [-0.1, -0.05) is 53.7 Å². The van der Waals surface area contributed by atoms with E-state index >= 15 is 0 Å². The fourth-order valence-electron chi connectivity index (χ4n) is 2.57. The molecule has 1 unspecified atom stereocenters. The molecule has 1 atom stereocenters. The van der Waals surface area contributed by atoms with Crippen molar-refractivity contribution in [3.8, 4) is 16.9 Å². The predicted octanol–water partition coefficient (Wildman–Crippen LogP) is 2.33. The molecular formula is C15H11N3O. The minimum absolute atomic E-state index is 0.665. The van der Waals surface area contributed by atoms with Crippen molar-refractivity contribution >= 4 is 0 Å². The standard InChI is InChI=1S/C15H11N3O/c19-15-11-8-4-5-9-12(11)18-14(15)13(16-17-18)10-6-2-1-3-7-10/h1-9,15,19H. The minimum Gasteiger partial charge on any atom is -0.382 e. The van der Waals surface area contributed by atoms with Crippen LogP contribution in [0, 0.1) is 0 Å². The predicted molar refractivity (Wildman–Crippen MR) is 70.9 cm³/mol. The van der Waals surface area contributed by atoms with Crippen LogP contribution in [0.3, 0.4) is 0 Å². The lowest BCUT2D eigenvalue weighted by molar-refractivity contribution is 0.221. The maximum atomic E-state index is 10.5. The van der Waals surface area contributed by atoms with Crippen LogP contribution in [0.5, 0.6) is 0 Å². The summed E-state index contributed by atoms with van der Waals surface area (Å²) in [5, 5.41) is 18.8. The molecule has 1 aromatic heterocycles. The van der Waals surface area contributed by atoms with Crippen LogP contribution in [0.25, 0.3) is 16.9 Å².